The molecule has 0 saturated heterocycles. The minimum atomic E-state index is -3.86. The van der Waals surface area contributed by atoms with Crippen molar-refractivity contribution in [3.05, 3.63) is 55.9 Å². The average Bonchev–Trinajstić information content (AvgIpc) is 2.43. The SMILES string of the molecule is O=S(=O)(Nc1cc(Br)ccc1Br)c1cc(CO)ccc1Cl. The second-order valence-electron chi connectivity index (χ2n) is 4.15. The van der Waals surface area contributed by atoms with Gasteiger partial charge >= 0.3 is 0 Å². The summed E-state index contributed by atoms with van der Waals surface area (Å²) in [5.41, 5.74) is 0.850. The lowest BCUT2D eigenvalue weighted by Crippen LogP contribution is -2.14. The van der Waals surface area contributed by atoms with Crippen molar-refractivity contribution < 1.29 is 13.5 Å². The monoisotopic (exact) mass is 453 g/mol. The maximum atomic E-state index is 12.4. The number of anilines is 1. The fourth-order valence-corrected chi connectivity index (χ4v) is 4.09. The standard InChI is InChI=1S/C13H10Br2ClNO3S/c14-9-2-3-10(15)12(6-9)17-21(19,20)13-5-8(7-18)1-4-11(13)16/h1-6,17-18H,7H2. The van der Waals surface area contributed by atoms with E-state index in [1.165, 1.54) is 12.1 Å². The predicted octanol–water partition coefficient (Wildman–Crippen LogP) is 4.16. The highest BCUT2D eigenvalue weighted by Crippen LogP contribution is 2.30. The van der Waals surface area contributed by atoms with Crippen LogP contribution in [0.2, 0.25) is 5.02 Å². The van der Waals surface area contributed by atoms with Crippen LogP contribution in [0.15, 0.2) is 50.2 Å². The van der Waals surface area contributed by atoms with E-state index in [0.29, 0.717) is 15.7 Å². The van der Waals surface area contributed by atoms with E-state index >= 15 is 0 Å². The van der Waals surface area contributed by atoms with Gasteiger partial charge in [0.05, 0.1) is 17.3 Å². The summed E-state index contributed by atoms with van der Waals surface area (Å²) < 4.78 is 28.7. The van der Waals surface area contributed by atoms with Crippen LogP contribution in [0, 0.1) is 0 Å². The third-order valence-corrected chi connectivity index (χ3v) is 5.67. The van der Waals surface area contributed by atoms with Crippen molar-refractivity contribution in [1.29, 1.82) is 0 Å². The Hall–Kier alpha value is -0.600. The summed E-state index contributed by atoms with van der Waals surface area (Å²) in [5, 5.41) is 9.21. The molecule has 0 aromatic heterocycles. The highest BCUT2D eigenvalue weighted by Gasteiger charge is 2.19. The lowest BCUT2D eigenvalue weighted by Gasteiger charge is -2.12. The van der Waals surface area contributed by atoms with Gasteiger partial charge in [-0.15, -0.1) is 0 Å². The number of nitrogens with one attached hydrogen (secondary N) is 1. The molecule has 0 heterocycles. The molecule has 0 aliphatic carbocycles. The summed E-state index contributed by atoms with van der Waals surface area (Å²) >= 11 is 12.5. The van der Waals surface area contributed by atoms with Crippen LogP contribution in [-0.4, -0.2) is 13.5 Å². The Bertz CT molecular complexity index is 781. The molecule has 0 amide bonds. The van der Waals surface area contributed by atoms with Crippen LogP contribution < -0.4 is 4.72 Å². The van der Waals surface area contributed by atoms with Crippen molar-refractivity contribution in [2.75, 3.05) is 4.72 Å². The van der Waals surface area contributed by atoms with Gasteiger partial charge in [0.1, 0.15) is 4.90 Å². The first-order chi connectivity index (χ1) is 9.83. The highest BCUT2D eigenvalue weighted by molar-refractivity contribution is 9.11. The molecule has 0 bridgehead atoms. The third-order valence-electron chi connectivity index (χ3n) is 2.64. The van der Waals surface area contributed by atoms with Gasteiger partial charge in [0.15, 0.2) is 0 Å². The molecule has 112 valence electrons. The van der Waals surface area contributed by atoms with Gasteiger partial charge in [0.2, 0.25) is 0 Å². The Balaban J connectivity index is 2.45. The molecule has 0 fully saturated rings. The summed E-state index contributed by atoms with van der Waals surface area (Å²) in [6, 6.07) is 9.48. The van der Waals surface area contributed by atoms with Gasteiger partial charge < -0.3 is 5.11 Å². The maximum absolute atomic E-state index is 12.4. The van der Waals surface area contributed by atoms with E-state index in [9.17, 15) is 8.42 Å². The van der Waals surface area contributed by atoms with Crippen molar-refractivity contribution in [2.45, 2.75) is 11.5 Å². The molecular formula is C13H10Br2ClNO3S. The summed E-state index contributed by atoms with van der Waals surface area (Å²) in [6.07, 6.45) is 0. The van der Waals surface area contributed by atoms with Crippen molar-refractivity contribution in [3.8, 4) is 0 Å². The van der Waals surface area contributed by atoms with Crippen molar-refractivity contribution in [2.24, 2.45) is 0 Å². The zero-order chi connectivity index (χ0) is 15.6. The lowest BCUT2D eigenvalue weighted by molar-refractivity contribution is 0.281. The van der Waals surface area contributed by atoms with E-state index in [1.54, 1.807) is 24.3 Å². The molecule has 0 unspecified atom stereocenters. The Morgan fingerprint density at radius 2 is 1.86 bits per heavy atom. The number of hydrogen-bond acceptors (Lipinski definition) is 3. The second-order valence-corrected chi connectivity index (χ2v) is 7.98. The zero-order valence-electron chi connectivity index (χ0n) is 10.5. The number of aliphatic hydroxyl groups is 1. The van der Waals surface area contributed by atoms with Gasteiger partial charge in [-0.3, -0.25) is 4.72 Å². The third kappa shape index (κ3) is 3.98. The highest BCUT2D eigenvalue weighted by atomic mass is 79.9. The molecule has 0 spiro atoms. The molecule has 0 saturated carbocycles. The van der Waals surface area contributed by atoms with Crippen LogP contribution in [0.3, 0.4) is 0 Å². The minimum Gasteiger partial charge on any atom is -0.392 e. The number of halogens is 3. The molecule has 0 aliphatic heterocycles. The fraction of sp³-hybridized carbons (Fsp3) is 0.0769. The van der Waals surface area contributed by atoms with Gasteiger partial charge in [0, 0.05) is 8.95 Å². The molecule has 2 aromatic rings. The van der Waals surface area contributed by atoms with E-state index < -0.39 is 10.0 Å². The van der Waals surface area contributed by atoms with Crippen LogP contribution in [0.5, 0.6) is 0 Å². The molecule has 8 heteroatoms. The second kappa shape index (κ2) is 6.66. The van der Waals surface area contributed by atoms with Crippen LogP contribution in [-0.2, 0) is 16.6 Å². The molecule has 4 nitrogen and oxygen atoms in total. The van der Waals surface area contributed by atoms with E-state index in [-0.39, 0.29) is 16.5 Å². The van der Waals surface area contributed by atoms with Crippen LogP contribution >= 0.6 is 43.5 Å². The molecule has 2 aromatic carbocycles. The Labute approximate surface area is 144 Å². The molecule has 0 atom stereocenters. The Kier molecular flexibility index (Phi) is 5.32. The molecule has 21 heavy (non-hydrogen) atoms. The van der Waals surface area contributed by atoms with E-state index in [1.807, 2.05) is 0 Å². The van der Waals surface area contributed by atoms with Gasteiger partial charge in [-0.25, -0.2) is 8.42 Å². The topological polar surface area (TPSA) is 66.4 Å². The predicted molar refractivity (Wildman–Crippen MR) is 90.0 cm³/mol. The first-order valence-corrected chi connectivity index (χ1v) is 9.15. The average molecular weight is 456 g/mol. The molecule has 0 radical (unpaired) electrons. The van der Waals surface area contributed by atoms with Crippen LogP contribution in [0.1, 0.15) is 5.56 Å². The quantitative estimate of drug-likeness (QED) is 0.728. The van der Waals surface area contributed by atoms with Crippen molar-refractivity contribution >= 4 is 59.2 Å². The summed E-state index contributed by atoms with van der Waals surface area (Å²) in [7, 11) is -3.86. The molecular weight excluding hydrogens is 445 g/mol. The fourth-order valence-electron chi connectivity index (χ4n) is 1.63. The minimum absolute atomic E-state index is 0.0809. The molecule has 0 aliphatic rings. The first kappa shape index (κ1) is 16.8. The number of hydrogen-bond donors (Lipinski definition) is 2. The molecule has 2 rings (SSSR count). The van der Waals surface area contributed by atoms with Gasteiger partial charge in [-0.05, 0) is 51.8 Å². The summed E-state index contributed by atoms with van der Waals surface area (Å²) in [6.45, 7) is -0.264. The number of aliphatic hydroxyl groups excluding tert-OH is 1. The van der Waals surface area contributed by atoms with E-state index in [2.05, 4.69) is 36.6 Å². The normalized spacial score (nSPS) is 11.4. The zero-order valence-corrected chi connectivity index (χ0v) is 15.2. The summed E-state index contributed by atoms with van der Waals surface area (Å²) in [4.78, 5) is -0.0809. The summed E-state index contributed by atoms with van der Waals surface area (Å²) in [5.74, 6) is 0. The number of sulfonamides is 1. The van der Waals surface area contributed by atoms with E-state index in [4.69, 9.17) is 16.7 Å². The number of rotatable bonds is 4. The van der Waals surface area contributed by atoms with Crippen molar-refractivity contribution in [3.63, 3.8) is 0 Å². The van der Waals surface area contributed by atoms with Gasteiger partial charge in [0.25, 0.3) is 10.0 Å². The lowest BCUT2D eigenvalue weighted by atomic mass is 10.2. The Morgan fingerprint density at radius 3 is 2.52 bits per heavy atom. The Morgan fingerprint density at radius 1 is 1.14 bits per heavy atom. The van der Waals surface area contributed by atoms with Crippen LogP contribution in [0.25, 0.3) is 0 Å². The van der Waals surface area contributed by atoms with Gasteiger partial charge in [-0.2, -0.15) is 0 Å². The number of benzene rings is 2. The smallest absolute Gasteiger partial charge is 0.263 e. The largest absolute Gasteiger partial charge is 0.392 e. The van der Waals surface area contributed by atoms with E-state index in [0.717, 1.165) is 4.47 Å². The van der Waals surface area contributed by atoms with Crippen molar-refractivity contribution in [1.82, 2.24) is 0 Å². The molecule has 2 N–H and O–H groups in total. The van der Waals surface area contributed by atoms with Gasteiger partial charge in [-0.1, -0.05) is 33.6 Å². The maximum Gasteiger partial charge on any atom is 0.263 e. The van der Waals surface area contributed by atoms with Crippen LogP contribution in [0.4, 0.5) is 5.69 Å². The first-order valence-electron chi connectivity index (χ1n) is 5.70.